The zero-order valence-corrected chi connectivity index (χ0v) is 18.1. The van der Waals surface area contributed by atoms with Gasteiger partial charge in [-0.15, -0.1) is 0 Å². The van der Waals surface area contributed by atoms with E-state index in [0.717, 1.165) is 59.2 Å². The molecule has 31 heavy (non-hydrogen) atoms. The van der Waals surface area contributed by atoms with Gasteiger partial charge < -0.3 is 9.30 Å². The van der Waals surface area contributed by atoms with Crippen LogP contribution in [0.1, 0.15) is 50.0 Å². The van der Waals surface area contributed by atoms with E-state index in [1.54, 1.807) is 18.3 Å². The minimum Gasteiger partial charge on any atom is -0.381 e. The smallest absolute Gasteiger partial charge is 0.252 e. The second-order valence-electron chi connectivity index (χ2n) is 9.35. The Bertz CT molecular complexity index is 1290. The quantitative estimate of drug-likeness (QED) is 0.419. The second-order valence-corrected chi connectivity index (χ2v) is 9.35. The van der Waals surface area contributed by atoms with Crippen molar-refractivity contribution in [2.24, 2.45) is 5.41 Å². The maximum Gasteiger partial charge on any atom is 0.252 e. The molecule has 5 rings (SSSR count). The van der Waals surface area contributed by atoms with Crippen LogP contribution in [0.2, 0.25) is 0 Å². The molecule has 1 aliphatic heterocycles. The van der Waals surface area contributed by atoms with Crippen molar-refractivity contribution in [2.45, 2.75) is 39.5 Å². The lowest BCUT2D eigenvalue weighted by Crippen LogP contribution is -2.27. The van der Waals surface area contributed by atoms with Gasteiger partial charge >= 0.3 is 0 Å². The number of fused-ring (bicyclic) bond motifs is 2. The van der Waals surface area contributed by atoms with Crippen LogP contribution in [0.15, 0.2) is 48.7 Å². The highest BCUT2D eigenvalue weighted by Crippen LogP contribution is 2.36. The Morgan fingerprint density at radius 3 is 2.52 bits per heavy atom. The van der Waals surface area contributed by atoms with E-state index in [0.29, 0.717) is 5.92 Å². The number of benzene rings is 2. The van der Waals surface area contributed by atoms with Gasteiger partial charge in [0, 0.05) is 46.7 Å². The number of ether oxygens (including phenoxy) is 1. The van der Waals surface area contributed by atoms with E-state index in [4.69, 9.17) is 4.74 Å². The molecule has 1 aliphatic rings. The molecule has 0 spiro atoms. The summed E-state index contributed by atoms with van der Waals surface area (Å²) in [6.45, 7) is 7.14. The molecule has 0 bridgehead atoms. The van der Waals surface area contributed by atoms with Crippen LogP contribution in [0.25, 0.3) is 27.5 Å². The van der Waals surface area contributed by atoms with E-state index in [1.165, 1.54) is 10.7 Å². The van der Waals surface area contributed by atoms with E-state index >= 15 is 0 Å². The Labute approximate surface area is 180 Å². The van der Waals surface area contributed by atoms with Crippen LogP contribution in [-0.2, 0) is 4.74 Å². The maximum atomic E-state index is 14.1. The van der Waals surface area contributed by atoms with Crippen molar-refractivity contribution in [2.75, 3.05) is 13.2 Å². The summed E-state index contributed by atoms with van der Waals surface area (Å²) in [7, 11) is 0. The minimum absolute atomic E-state index is 0.0453. The zero-order chi connectivity index (χ0) is 21.8. The number of hydrogen-bond acceptors (Lipinski definition) is 3. The summed E-state index contributed by atoms with van der Waals surface area (Å²) in [5.74, 6) is 0.0262. The highest BCUT2D eigenvalue weighted by molar-refractivity contribution is 6.01. The molecule has 0 amide bonds. The molecule has 0 atom stereocenters. The molecule has 4 aromatic rings. The first-order valence-electron chi connectivity index (χ1n) is 10.7. The number of carbonyl (C=O) groups excluding carboxylic acids is 1. The Morgan fingerprint density at radius 1 is 1.06 bits per heavy atom. The van der Waals surface area contributed by atoms with Crippen molar-refractivity contribution < 1.29 is 13.9 Å². The molecule has 5 nitrogen and oxygen atoms in total. The summed E-state index contributed by atoms with van der Waals surface area (Å²) in [6, 6.07) is 13.0. The van der Waals surface area contributed by atoms with Crippen molar-refractivity contribution in [1.29, 1.82) is 0 Å². The fraction of sp³-hybridized carbons (Fsp3) is 0.360. The Morgan fingerprint density at radius 2 is 1.81 bits per heavy atom. The first-order valence-corrected chi connectivity index (χ1v) is 10.7. The number of hydrogen-bond donors (Lipinski definition) is 0. The molecule has 0 saturated carbocycles. The third kappa shape index (κ3) is 3.45. The molecule has 0 radical (unpaired) electrons. The van der Waals surface area contributed by atoms with Crippen molar-refractivity contribution in [3.63, 3.8) is 0 Å². The maximum absolute atomic E-state index is 14.1. The van der Waals surface area contributed by atoms with E-state index in [1.807, 2.05) is 32.9 Å². The number of rotatable bonds is 2. The summed E-state index contributed by atoms with van der Waals surface area (Å²) in [4.78, 5) is 12.9. The molecule has 1 saturated heterocycles. The number of carbonyl (C=O) groups is 1. The van der Waals surface area contributed by atoms with Crippen molar-refractivity contribution in [1.82, 2.24) is 14.3 Å². The van der Waals surface area contributed by atoms with Crippen molar-refractivity contribution in [3.05, 3.63) is 60.2 Å². The number of nitrogens with zero attached hydrogens (tertiary/aromatic N) is 3. The van der Waals surface area contributed by atoms with E-state index in [2.05, 4.69) is 21.8 Å². The Hall–Kier alpha value is -2.99. The van der Waals surface area contributed by atoms with Gasteiger partial charge in [-0.2, -0.15) is 9.78 Å². The molecular formula is C25H26FN3O2. The average molecular weight is 420 g/mol. The van der Waals surface area contributed by atoms with Crippen LogP contribution in [0.4, 0.5) is 4.39 Å². The number of halogens is 1. The van der Waals surface area contributed by atoms with Gasteiger partial charge in [0.1, 0.15) is 5.82 Å². The molecule has 0 N–H and O–H groups in total. The summed E-state index contributed by atoms with van der Waals surface area (Å²) in [5.41, 5.74) is 3.20. The van der Waals surface area contributed by atoms with Gasteiger partial charge in [0.05, 0.1) is 17.2 Å². The second kappa shape index (κ2) is 7.31. The molecule has 1 fully saturated rings. The first-order chi connectivity index (χ1) is 14.8. The molecular weight excluding hydrogens is 393 g/mol. The van der Waals surface area contributed by atoms with E-state index in [9.17, 15) is 9.18 Å². The van der Waals surface area contributed by atoms with Gasteiger partial charge in [0.2, 0.25) is 0 Å². The molecule has 6 heteroatoms. The van der Waals surface area contributed by atoms with Crippen LogP contribution in [0.3, 0.4) is 0 Å². The largest absolute Gasteiger partial charge is 0.381 e. The lowest BCUT2D eigenvalue weighted by molar-refractivity contribution is 0.0755. The van der Waals surface area contributed by atoms with Crippen LogP contribution in [-0.4, -0.2) is 33.5 Å². The highest BCUT2D eigenvalue weighted by atomic mass is 19.1. The minimum atomic E-state index is -0.533. The molecule has 0 unspecified atom stereocenters. The monoisotopic (exact) mass is 419 g/mol. The number of aromatic nitrogens is 3. The normalized spacial score (nSPS) is 15.7. The predicted octanol–water partition coefficient (Wildman–Crippen LogP) is 5.70. The Balaban J connectivity index is 1.75. The van der Waals surface area contributed by atoms with Gasteiger partial charge in [0.25, 0.3) is 5.91 Å². The van der Waals surface area contributed by atoms with Crippen molar-refractivity contribution >= 4 is 27.7 Å². The topological polar surface area (TPSA) is 49.1 Å². The van der Waals surface area contributed by atoms with Gasteiger partial charge in [0.15, 0.2) is 0 Å². The molecule has 2 aromatic carbocycles. The third-order valence-electron chi connectivity index (χ3n) is 6.06. The van der Waals surface area contributed by atoms with E-state index in [-0.39, 0.29) is 11.7 Å². The highest BCUT2D eigenvalue weighted by Gasteiger charge is 2.27. The molecule has 3 heterocycles. The van der Waals surface area contributed by atoms with Crippen LogP contribution < -0.4 is 0 Å². The van der Waals surface area contributed by atoms with Gasteiger partial charge in [-0.1, -0.05) is 26.8 Å². The fourth-order valence-corrected chi connectivity index (χ4v) is 4.43. The average Bonchev–Trinajstić information content (AvgIpc) is 3.32. The standard InChI is InChI=1S/C25H26FN3O2/c1-25(2,3)24(30)29-23-12-17-11-21(16-7-9-31-10-8-16)28(20-6-4-5-19(26)14-20)22(17)13-18(23)15-27-29/h4-6,11-16H,7-10H2,1-3H3. The van der Waals surface area contributed by atoms with E-state index < -0.39 is 5.41 Å². The van der Waals surface area contributed by atoms with Gasteiger partial charge in [-0.25, -0.2) is 4.39 Å². The fourth-order valence-electron chi connectivity index (χ4n) is 4.43. The van der Waals surface area contributed by atoms with Gasteiger partial charge in [-0.05, 0) is 49.2 Å². The summed E-state index contributed by atoms with van der Waals surface area (Å²) >= 11 is 0. The van der Waals surface area contributed by atoms with Crippen LogP contribution in [0, 0.1) is 11.2 Å². The zero-order valence-electron chi connectivity index (χ0n) is 18.1. The van der Waals surface area contributed by atoms with Crippen molar-refractivity contribution in [3.8, 4) is 5.69 Å². The third-order valence-corrected chi connectivity index (χ3v) is 6.06. The predicted molar refractivity (Wildman–Crippen MR) is 119 cm³/mol. The molecule has 2 aromatic heterocycles. The summed E-state index contributed by atoms with van der Waals surface area (Å²) < 4.78 is 23.3. The van der Waals surface area contributed by atoms with Gasteiger partial charge in [-0.3, -0.25) is 4.79 Å². The summed E-state index contributed by atoms with van der Waals surface area (Å²) in [6.07, 6.45) is 3.60. The lowest BCUT2D eigenvalue weighted by Gasteiger charge is -2.24. The first kappa shape index (κ1) is 19.9. The molecule has 160 valence electrons. The van der Waals surface area contributed by atoms with Crippen LogP contribution >= 0.6 is 0 Å². The Kier molecular flexibility index (Phi) is 4.70. The SMILES string of the molecule is CC(C)(C)C(=O)n1ncc2cc3c(cc(C4CCOCC4)n3-c3cccc(F)c3)cc21. The lowest BCUT2D eigenvalue weighted by atomic mass is 9.95. The molecule has 0 aliphatic carbocycles. The van der Waals surface area contributed by atoms with Crippen LogP contribution in [0.5, 0.6) is 0 Å². The summed E-state index contributed by atoms with van der Waals surface area (Å²) in [5, 5.41) is 6.28.